The Balaban J connectivity index is 2.38. The van der Waals surface area contributed by atoms with E-state index in [1.54, 1.807) is 0 Å². The molecule has 21 heavy (non-hydrogen) atoms. The summed E-state index contributed by atoms with van der Waals surface area (Å²) < 4.78 is 56.2. The Morgan fingerprint density at radius 1 is 1.33 bits per heavy atom. The van der Waals surface area contributed by atoms with Crippen molar-refractivity contribution >= 4 is 0 Å². The van der Waals surface area contributed by atoms with Crippen LogP contribution in [-0.2, 0) is 6.18 Å². The average molecular weight is 304 g/mol. The topological polar surface area (TPSA) is 59.2 Å². The number of alkyl halides is 3. The van der Waals surface area contributed by atoms with E-state index >= 15 is 0 Å². The number of aliphatic hydroxyl groups excluding tert-OH is 1. The highest BCUT2D eigenvalue weighted by atomic mass is 19.4. The predicted molar refractivity (Wildman–Crippen MR) is 64.6 cm³/mol. The number of hydrogen-bond acceptors (Lipinski definition) is 4. The monoisotopic (exact) mass is 304 g/mol. The van der Waals surface area contributed by atoms with Gasteiger partial charge in [-0.3, -0.25) is 0 Å². The molecule has 2 rings (SSSR count). The molecule has 2 aromatic rings. The Kier molecular flexibility index (Phi) is 4.26. The van der Waals surface area contributed by atoms with Crippen LogP contribution in [-0.4, -0.2) is 15.2 Å². The summed E-state index contributed by atoms with van der Waals surface area (Å²) in [5.41, 5.74) is -1.47. The molecule has 0 amide bonds. The summed E-state index contributed by atoms with van der Waals surface area (Å²) >= 11 is 0. The van der Waals surface area contributed by atoms with Crippen LogP contribution in [0.3, 0.4) is 0 Å². The Morgan fingerprint density at radius 3 is 2.67 bits per heavy atom. The van der Waals surface area contributed by atoms with Gasteiger partial charge in [0, 0.05) is 0 Å². The van der Waals surface area contributed by atoms with Crippen molar-refractivity contribution in [1.29, 1.82) is 0 Å². The average Bonchev–Trinajstić information content (AvgIpc) is 2.87. The van der Waals surface area contributed by atoms with Gasteiger partial charge in [-0.1, -0.05) is 18.5 Å². The van der Waals surface area contributed by atoms with Gasteiger partial charge in [0.05, 0.1) is 11.1 Å². The van der Waals surface area contributed by atoms with Crippen molar-refractivity contribution in [2.75, 3.05) is 0 Å². The molecule has 1 atom stereocenters. The minimum absolute atomic E-state index is 0.0799. The first-order valence-corrected chi connectivity index (χ1v) is 6.21. The van der Waals surface area contributed by atoms with Gasteiger partial charge < -0.3 is 9.63 Å². The van der Waals surface area contributed by atoms with Crippen LogP contribution in [0.15, 0.2) is 22.7 Å². The minimum atomic E-state index is -4.60. The predicted octanol–water partition coefficient (Wildman–Crippen LogP) is 3.73. The van der Waals surface area contributed by atoms with Crippen molar-refractivity contribution in [2.24, 2.45) is 0 Å². The second-order valence-electron chi connectivity index (χ2n) is 4.45. The molecule has 0 aliphatic rings. The lowest BCUT2D eigenvalue weighted by Crippen LogP contribution is -2.05. The lowest BCUT2D eigenvalue weighted by molar-refractivity contribution is -0.137. The molecule has 0 bridgehead atoms. The molecule has 114 valence electrons. The first-order chi connectivity index (χ1) is 9.82. The number of benzene rings is 1. The summed E-state index contributed by atoms with van der Waals surface area (Å²) in [5.74, 6) is -1.39. The van der Waals surface area contributed by atoms with Gasteiger partial charge in [-0.25, -0.2) is 4.39 Å². The van der Waals surface area contributed by atoms with E-state index in [0.29, 0.717) is 31.0 Å². The van der Waals surface area contributed by atoms with E-state index in [4.69, 9.17) is 4.52 Å². The molecular weight excluding hydrogens is 292 g/mol. The van der Waals surface area contributed by atoms with E-state index in [-0.39, 0.29) is 5.82 Å². The first kappa shape index (κ1) is 15.4. The summed E-state index contributed by atoms with van der Waals surface area (Å²) in [6.45, 7) is 1.83. The van der Waals surface area contributed by atoms with E-state index in [0.717, 1.165) is 0 Å². The molecule has 0 radical (unpaired) electrons. The highest BCUT2D eigenvalue weighted by Gasteiger charge is 2.32. The third-order valence-corrected chi connectivity index (χ3v) is 2.83. The molecular formula is C13H12F4N2O2. The Bertz CT molecular complexity index is 625. The molecule has 0 aliphatic carbocycles. The van der Waals surface area contributed by atoms with Gasteiger partial charge in [-0.15, -0.1) is 0 Å². The third kappa shape index (κ3) is 3.38. The molecule has 4 nitrogen and oxygen atoms in total. The Labute approximate surface area is 117 Å². The molecule has 1 N–H and O–H groups in total. The maximum Gasteiger partial charge on any atom is 0.416 e. The first-order valence-electron chi connectivity index (χ1n) is 6.21. The van der Waals surface area contributed by atoms with Crippen LogP contribution in [0.4, 0.5) is 17.6 Å². The maximum absolute atomic E-state index is 13.6. The molecule has 0 spiro atoms. The third-order valence-electron chi connectivity index (χ3n) is 2.83. The van der Waals surface area contributed by atoms with Crippen molar-refractivity contribution in [3.05, 3.63) is 35.4 Å². The van der Waals surface area contributed by atoms with Gasteiger partial charge in [0.2, 0.25) is 5.82 Å². The van der Waals surface area contributed by atoms with Gasteiger partial charge in [0.1, 0.15) is 11.9 Å². The number of rotatable bonds is 4. The minimum Gasteiger partial charge on any atom is -0.385 e. The fourth-order valence-corrected chi connectivity index (χ4v) is 1.75. The lowest BCUT2D eigenvalue weighted by Gasteiger charge is -2.07. The summed E-state index contributed by atoms with van der Waals surface area (Å²) in [6.07, 6.45) is -4.58. The van der Waals surface area contributed by atoms with E-state index in [1.165, 1.54) is 0 Å². The van der Waals surface area contributed by atoms with Crippen LogP contribution >= 0.6 is 0 Å². The second kappa shape index (κ2) is 5.80. The van der Waals surface area contributed by atoms with Gasteiger partial charge in [0.15, 0.2) is 0 Å². The highest BCUT2D eigenvalue weighted by Crippen LogP contribution is 2.33. The van der Waals surface area contributed by atoms with Crippen LogP contribution in [0.5, 0.6) is 0 Å². The van der Waals surface area contributed by atoms with Gasteiger partial charge in [-0.2, -0.15) is 18.2 Å². The fourth-order valence-electron chi connectivity index (χ4n) is 1.75. The zero-order valence-corrected chi connectivity index (χ0v) is 11.0. The van der Waals surface area contributed by atoms with Crippen LogP contribution in [0.2, 0.25) is 0 Å². The van der Waals surface area contributed by atoms with Crippen molar-refractivity contribution in [3.63, 3.8) is 0 Å². The quantitative estimate of drug-likeness (QED) is 0.874. The van der Waals surface area contributed by atoms with Crippen molar-refractivity contribution < 1.29 is 27.2 Å². The summed E-state index contributed by atoms with van der Waals surface area (Å²) in [5, 5.41) is 13.1. The molecule has 8 heteroatoms. The molecule has 1 aromatic carbocycles. The van der Waals surface area contributed by atoms with Gasteiger partial charge >= 0.3 is 6.18 Å². The number of halogens is 4. The van der Waals surface area contributed by atoms with E-state index in [1.807, 2.05) is 6.92 Å². The van der Waals surface area contributed by atoms with Crippen molar-refractivity contribution in [1.82, 2.24) is 10.1 Å². The second-order valence-corrected chi connectivity index (χ2v) is 4.45. The van der Waals surface area contributed by atoms with Crippen molar-refractivity contribution in [3.8, 4) is 11.5 Å². The largest absolute Gasteiger partial charge is 0.416 e. The van der Waals surface area contributed by atoms with Crippen molar-refractivity contribution in [2.45, 2.75) is 32.0 Å². The van der Waals surface area contributed by atoms with Gasteiger partial charge in [0.25, 0.3) is 5.89 Å². The molecule has 1 unspecified atom stereocenters. The normalized spacial score (nSPS) is 13.4. The zero-order chi connectivity index (χ0) is 15.6. The molecule has 1 heterocycles. The fraction of sp³-hybridized carbons (Fsp3) is 0.385. The SMILES string of the molecule is CCCC(O)c1noc(-c2cc(C(F)(F)F)ccc2F)n1. The summed E-state index contributed by atoms with van der Waals surface area (Å²) in [6, 6.07) is 1.91. The molecule has 0 saturated carbocycles. The molecule has 0 aliphatic heterocycles. The van der Waals surface area contributed by atoms with Crippen LogP contribution in [0, 0.1) is 5.82 Å². The standard InChI is InChI=1S/C13H12F4N2O2/c1-2-3-10(20)11-18-12(21-19-11)8-6-7(13(15,16)17)4-5-9(8)14/h4-6,10,20H,2-3H2,1H3. The Hall–Kier alpha value is -1.96. The number of hydrogen-bond donors (Lipinski definition) is 1. The van der Waals surface area contributed by atoms with Crippen LogP contribution in [0.1, 0.15) is 37.3 Å². The number of aromatic nitrogens is 2. The summed E-state index contributed by atoms with van der Waals surface area (Å²) in [4.78, 5) is 3.75. The smallest absolute Gasteiger partial charge is 0.385 e. The Morgan fingerprint density at radius 2 is 2.05 bits per heavy atom. The molecule has 0 saturated heterocycles. The summed E-state index contributed by atoms with van der Waals surface area (Å²) in [7, 11) is 0. The number of aliphatic hydroxyl groups is 1. The van der Waals surface area contributed by atoms with E-state index < -0.39 is 35.1 Å². The van der Waals surface area contributed by atoms with Crippen LogP contribution in [0.25, 0.3) is 11.5 Å². The maximum atomic E-state index is 13.6. The van der Waals surface area contributed by atoms with E-state index in [2.05, 4.69) is 10.1 Å². The van der Waals surface area contributed by atoms with E-state index in [9.17, 15) is 22.7 Å². The molecule has 0 fully saturated rings. The van der Waals surface area contributed by atoms with Gasteiger partial charge in [-0.05, 0) is 24.6 Å². The molecule has 1 aromatic heterocycles. The van der Waals surface area contributed by atoms with Crippen LogP contribution < -0.4 is 0 Å². The lowest BCUT2D eigenvalue weighted by atomic mass is 10.1. The highest BCUT2D eigenvalue weighted by molar-refractivity contribution is 5.55. The number of nitrogens with zero attached hydrogens (tertiary/aromatic N) is 2. The zero-order valence-electron chi connectivity index (χ0n) is 11.0.